The first-order valence-electron chi connectivity index (χ1n) is 5.92. The van der Waals surface area contributed by atoms with Crippen molar-refractivity contribution in [2.75, 3.05) is 5.32 Å². The molecule has 0 radical (unpaired) electrons. The molecular formula is C10H15N5O2. The van der Waals surface area contributed by atoms with Crippen LogP contribution in [0.2, 0.25) is 0 Å². The average Bonchev–Trinajstić information content (AvgIpc) is 2.86. The van der Waals surface area contributed by atoms with Gasteiger partial charge in [-0.2, -0.15) is 0 Å². The van der Waals surface area contributed by atoms with Crippen LogP contribution in [0, 0.1) is 10.1 Å². The molecule has 2 bridgehead atoms. The predicted octanol–water partition coefficient (Wildman–Crippen LogP) is 1.01. The SMILES string of the molecule is O=[N+]([O-])c1[nH]ncc1NC1CC2CCC(C1)N2. The number of hydrogen-bond acceptors (Lipinski definition) is 5. The highest BCUT2D eigenvalue weighted by atomic mass is 16.6. The van der Waals surface area contributed by atoms with E-state index < -0.39 is 4.92 Å². The standard InChI is InChI=1S/C10H15N5O2/c16-15(17)10-9(5-11-14-10)13-8-3-6-1-2-7(4-8)12-6/h5-8,12-13H,1-4H2,(H,11,14). The molecule has 2 atom stereocenters. The molecule has 3 heterocycles. The van der Waals surface area contributed by atoms with Crippen molar-refractivity contribution < 1.29 is 4.92 Å². The van der Waals surface area contributed by atoms with Gasteiger partial charge < -0.3 is 20.7 Å². The Morgan fingerprint density at radius 3 is 2.76 bits per heavy atom. The second-order valence-electron chi connectivity index (χ2n) is 4.84. The van der Waals surface area contributed by atoms with Crippen LogP contribution in [-0.4, -0.2) is 33.2 Å². The fourth-order valence-corrected chi connectivity index (χ4v) is 2.92. The van der Waals surface area contributed by atoms with Gasteiger partial charge in [0.15, 0.2) is 5.69 Å². The van der Waals surface area contributed by atoms with Crippen LogP contribution in [0.1, 0.15) is 25.7 Å². The number of anilines is 1. The Balaban J connectivity index is 1.70. The molecular weight excluding hydrogens is 222 g/mol. The number of nitro groups is 1. The molecule has 2 aliphatic heterocycles. The molecule has 2 aliphatic rings. The van der Waals surface area contributed by atoms with Crippen molar-refractivity contribution in [3.05, 3.63) is 16.3 Å². The minimum atomic E-state index is -0.439. The number of rotatable bonds is 3. The van der Waals surface area contributed by atoms with Crippen LogP contribution < -0.4 is 10.6 Å². The van der Waals surface area contributed by atoms with Gasteiger partial charge in [0, 0.05) is 18.1 Å². The van der Waals surface area contributed by atoms with Crippen LogP contribution in [-0.2, 0) is 0 Å². The van der Waals surface area contributed by atoms with Crippen molar-refractivity contribution in [1.82, 2.24) is 15.5 Å². The third kappa shape index (κ3) is 1.97. The molecule has 0 spiro atoms. The van der Waals surface area contributed by atoms with E-state index in [2.05, 4.69) is 20.8 Å². The number of nitrogens with one attached hydrogen (secondary N) is 3. The van der Waals surface area contributed by atoms with Gasteiger partial charge in [-0.3, -0.25) is 0 Å². The van der Waals surface area contributed by atoms with E-state index in [4.69, 9.17) is 0 Å². The van der Waals surface area contributed by atoms with Crippen LogP contribution in [0.5, 0.6) is 0 Å². The monoisotopic (exact) mass is 237 g/mol. The van der Waals surface area contributed by atoms with Crippen molar-refractivity contribution in [1.29, 1.82) is 0 Å². The highest BCUT2D eigenvalue weighted by molar-refractivity contribution is 5.56. The van der Waals surface area contributed by atoms with Crippen molar-refractivity contribution in [2.45, 2.75) is 43.8 Å². The molecule has 2 saturated heterocycles. The number of fused-ring (bicyclic) bond motifs is 2. The minimum Gasteiger partial charge on any atom is -0.374 e. The maximum atomic E-state index is 10.7. The van der Waals surface area contributed by atoms with Gasteiger partial charge >= 0.3 is 5.82 Å². The smallest absolute Gasteiger partial charge is 0.366 e. The van der Waals surface area contributed by atoms with Gasteiger partial charge in [-0.05, 0) is 30.6 Å². The Hall–Kier alpha value is -1.63. The second kappa shape index (κ2) is 3.99. The van der Waals surface area contributed by atoms with Gasteiger partial charge in [0.1, 0.15) is 6.20 Å². The lowest BCUT2D eigenvalue weighted by molar-refractivity contribution is -0.388. The fraction of sp³-hybridized carbons (Fsp3) is 0.700. The lowest BCUT2D eigenvalue weighted by Crippen LogP contribution is -2.43. The number of piperidine rings is 1. The van der Waals surface area contributed by atoms with Gasteiger partial charge in [-0.1, -0.05) is 5.10 Å². The molecule has 7 nitrogen and oxygen atoms in total. The van der Waals surface area contributed by atoms with E-state index in [0.717, 1.165) is 12.8 Å². The van der Waals surface area contributed by atoms with Crippen LogP contribution in [0.4, 0.5) is 11.5 Å². The van der Waals surface area contributed by atoms with E-state index in [-0.39, 0.29) is 5.82 Å². The number of nitrogens with zero attached hydrogens (tertiary/aromatic N) is 2. The summed E-state index contributed by atoms with van der Waals surface area (Å²) >= 11 is 0. The molecule has 3 rings (SSSR count). The fourth-order valence-electron chi connectivity index (χ4n) is 2.92. The van der Waals surface area contributed by atoms with Crippen LogP contribution in [0.3, 0.4) is 0 Å². The molecule has 0 aromatic carbocycles. The zero-order valence-electron chi connectivity index (χ0n) is 9.35. The number of aromatic nitrogens is 2. The Morgan fingerprint density at radius 2 is 2.12 bits per heavy atom. The Morgan fingerprint density at radius 1 is 1.41 bits per heavy atom. The summed E-state index contributed by atoms with van der Waals surface area (Å²) in [5.41, 5.74) is 0.501. The maximum Gasteiger partial charge on any atom is 0.366 e. The Bertz CT molecular complexity index is 420. The molecule has 0 aliphatic carbocycles. The Labute approximate surface area is 98.1 Å². The van der Waals surface area contributed by atoms with Crippen molar-refractivity contribution in [3.8, 4) is 0 Å². The number of hydrogen-bond donors (Lipinski definition) is 3. The highest BCUT2D eigenvalue weighted by Crippen LogP contribution is 2.30. The zero-order chi connectivity index (χ0) is 11.8. The van der Waals surface area contributed by atoms with E-state index in [0.29, 0.717) is 23.8 Å². The molecule has 0 saturated carbocycles. The molecule has 1 aromatic rings. The summed E-state index contributed by atoms with van der Waals surface area (Å²) in [5.74, 6) is -0.0455. The lowest BCUT2D eigenvalue weighted by Gasteiger charge is -2.29. The summed E-state index contributed by atoms with van der Waals surface area (Å²) in [6.07, 6.45) is 5.98. The molecule has 17 heavy (non-hydrogen) atoms. The van der Waals surface area contributed by atoms with Gasteiger partial charge in [0.25, 0.3) is 0 Å². The minimum absolute atomic E-state index is 0.0455. The summed E-state index contributed by atoms with van der Waals surface area (Å²) in [5, 5.41) is 23.6. The molecule has 0 amide bonds. The summed E-state index contributed by atoms with van der Waals surface area (Å²) < 4.78 is 0. The maximum absolute atomic E-state index is 10.7. The highest BCUT2D eigenvalue weighted by Gasteiger charge is 2.34. The van der Waals surface area contributed by atoms with Crippen molar-refractivity contribution in [3.63, 3.8) is 0 Å². The first-order valence-corrected chi connectivity index (χ1v) is 5.92. The summed E-state index contributed by atoms with van der Waals surface area (Å²) in [4.78, 5) is 10.3. The topological polar surface area (TPSA) is 95.9 Å². The normalized spacial score (nSPS) is 31.4. The first kappa shape index (κ1) is 10.5. The largest absolute Gasteiger partial charge is 0.374 e. The van der Waals surface area contributed by atoms with Crippen molar-refractivity contribution in [2.24, 2.45) is 0 Å². The van der Waals surface area contributed by atoms with E-state index >= 15 is 0 Å². The summed E-state index contributed by atoms with van der Waals surface area (Å²) in [6, 6.07) is 1.44. The zero-order valence-corrected chi connectivity index (χ0v) is 9.35. The predicted molar refractivity (Wildman–Crippen MR) is 61.8 cm³/mol. The molecule has 2 unspecified atom stereocenters. The summed E-state index contributed by atoms with van der Waals surface area (Å²) in [7, 11) is 0. The number of aromatic amines is 1. The Kier molecular flexibility index (Phi) is 2.47. The molecule has 2 fully saturated rings. The molecule has 92 valence electrons. The van der Waals surface area contributed by atoms with E-state index in [1.54, 1.807) is 0 Å². The van der Waals surface area contributed by atoms with Gasteiger partial charge in [-0.25, -0.2) is 0 Å². The van der Waals surface area contributed by atoms with Gasteiger partial charge in [0.05, 0.1) is 0 Å². The lowest BCUT2D eigenvalue weighted by atomic mass is 10.00. The molecule has 1 aromatic heterocycles. The van der Waals surface area contributed by atoms with Crippen LogP contribution in [0.15, 0.2) is 6.20 Å². The number of H-pyrrole nitrogens is 1. The summed E-state index contributed by atoms with van der Waals surface area (Å²) in [6.45, 7) is 0. The van der Waals surface area contributed by atoms with Gasteiger partial charge in [0.2, 0.25) is 0 Å². The third-order valence-corrected chi connectivity index (χ3v) is 3.63. The molecule has 3 N–H and O–H groups in total. The van der Waals surface area contributed by atoms with E-state index in [1.807, 2.05) is 0 Å². The second-order valence-corrected chi connectivity index (χ2v) is 4.84. The van der Waals surface area contributed by atoms with E-state index in [1.165, 1.54) is 19.0 Å². The average molecular weight is 237 g/mol. The third-order valence-electron chi connectivity index (χ3n) is 3.63. The van der Waals surface area contributed by atoms with E-state index in [9.17, 15) is 10.1 Å². The van der Waals surface area contributed by atoms with Crippen molar-refractivity contribution >= 4 is 11.5 Å². The van der Waals surface area contributed by atoms with Crippen LogP contribution in [0.25, 0.3) is 0 Å². The first-order chi connectivity index (χ1) is 8.22. The van der Waals surface area contributed by atoms with Crippen LogP contribution >= 0.6 is 0 Å². The quantitative estimate of drug-likeness (QED) is 0.538. The molecule has 7 heteroatoms. The van der Waals surface area contributed by atoms with Gasteiger partial charge in [-0.15, -0.1) is 5.10 Å².